The lowest BCUT2D eigenvalue weighted by atomic mass is 9.62. The molecule has 1 amide bonds. The predicted molar refractivity (Wildman–Crippen MR) is 131 cm³/mol. The van der Waals surface area contributed by atoms with Gasteiger partial charge in [0.25, 0.3) is 0 Å². The zero-order valence-corrected chi connectivity index (χ0v) is 20.3. The van der Waals surface area contributed by atoms with Gasteiger partial charge in [-0.2, -0.15) is 0 Å². The Labute approximate surface area is 200 Å². The largest absolute Gasteiger partial charge is 0.369 e. The van der Waals surface area contributed by atoms with E-state index < -0.39 is 5.60 Å². The van der Waals surface area contributed by atoms with Gasteiger partial charge in [0.15, 0.2) is 11.5 Å². The summed E-state index contributed by atoms with van der Waals surface area (Å²) in [6.07, 6.45) is 5.50. The van der Waals surface area contributed by atoms with E-state index in [9.17, 15) is 4.79 Å². The van der Waals surface area contributed by atoms with Crippen LogP contribution in [-0.4, -0.2) is 46.7 Å². The molecule has 0 radical (unpaired) electrons. The Balaban J connectivity index is 1.22. The molecule has 0 spiro atoms. The van der Waals surface area contributed by atoms with Gasteiger partial charge in [-0.25, -0.2) is 9.50 Å². The highest BCUT2D eigenvalue weighted by Gasteiger charge is 2.65. The van der Waals surface area contributed by atoms with E-state index in [4.69, 9.17) is 14.8 Å². The first-order valence-electron chi connectivity index (χ1n) is 12.4. The van der Waals surface area contributed by atoms with Gasteiger partial charge in [0.2, 0.25) is 5.91 Å². The summed E-state index contributed by atoms with van der Waals surface area (Å²) >= 11 is 0. The van der Waals surface area contributed by atoms with Gasteiger partial charge in [-0.1, -0.05) is 44.2 Å². The van der Waals surface area contributed by atoms with Crippen LogP contribution in [0.2, 0.25) is 0 Å². The number of nitrogens with zero attached hydrogens (tertiary/aromatic N) is 4. The molecule has 4 aliphatic rings. The standard InChI is InChI=1S/C27H33N5O2/c1-4-22(33)28-16-26-14-27(15-26,34-18-26)24-29-23-19(2)12-21(13-32(23)30-24)31-11-10-25(3,17-31)20-8-6-5-7-9-20/h5-9,12-13H,4,10-11,14-18H2,1-3H3,(H,28,33)/t25-,26?,27?/m0/s1. The van der Waals surface area contributed by atoms with Crippen LogP contribution in [0.1, 0.15) is 56.5 Å². The van der Waals surface area contributed by atoms with Crippen LogP contribution in [0.5, 0.6) is 0 Å². The summed E-state index contributed by atoms with van der Waals surface area (Å²) in [5, 5.41) is 7.94. The van der Waals surface area contributed by atoms with Crippen molar-refractivity contribution in [3.8, 4) is 0 Å². The highest BCUT2D eigenvalue weighted by Crippen LogP contribution is 2.62. The third kappa shape index (κ3) is 3.32. The summed E-state index contributed by atoms with van der Waals surface area (Å²) in [6.45, 7) is 9.70. The molecular formula is C27H33N5O2. The van der Waals surface area contributed by atoms with Crippen LogP contribution in [0.3, 0.4) is 0 Å². The summed E-state index contributed by atoms with van der Waals surface area (Å²) in [5.74, 6) is 0.872. The van der Waals surface area contributed by atoms with Crippen molar-refractivity contribution >= 4 is 17.2 Å². The van der Waals surface area contributed by atoms with E-state index in [1.165, 1.54) is 11.3 Å². The van der Waals surface area contributed by atoms with E-state index in [1.807, 2.05) is 11.4 Å². The molecule has 3 saturated heterocycles. The van der Waals surface area contributed by atoms with E-state index in [-0.39, 0.29) is 16.7 Å². The molecule has 1 aromatic carbocycles. The average Bonchev–Trinajstić information content (AvgIpc) is 3.59. The lowest BCUT2D eigenvalue weighted by Gasteiger charge is -2.42. The number of hydrogen-bond donors (Lipinski definition) is 1. The lowest BCUT2D eigenvalue weighted by Crippen LogP contribution is -2.49. The summed E-state index contributed by atoms with van der Waals surface area (Å²) in [7, 11) is 0. The highest BCUT2D eigenvalue weighted by molar-refractivity contribution is 5.75. The number of aryl methyl sites for hydroxylation is 1. The van der Waals surface area contributed by atoms with Crippen LogP contribution in [0.15, 0.2) is 42.6 Å². The smallest absolute Gasteiger partial charge is 0.219 e. The van der Waals surface area contributed by atoms with Crippen molar-refractivity contribution in [2.24, 2.45) is 5.41 Å². The van der Waals surface area contributed by atoms with E-state index in [1.54, 1.807) is 0 Å². The van der Waals surface area contributed by atoms with Crippen LogP contribution in [0.25, 0.3) is 5.65 Å². The predicted octanol–water partition coefficient (Wildman–Crippen LogP) is 3.74. The zero-order chi connectivity index (χ0) is 23.6. The molecule has 4 fully saturated rings. The summed E-state index contributed by atoms with van der Waals surface area (Å²) < 4.78 is 8.18. The van der Waals surface area contributed by atoms with Crippen LogP contribution in [0.4, 0.5) is 5.69 Å². The third-order valence-electron chi connectivity index (χ3n) is 8.28. The first-order valence-corrected chi connectivity index (χ1v) is 12.4. The Morgan fingerprint density at radius 1 is 1.24 bits per heavy atom. The number of carbonyl (C=O) groups is 1. The number of carbonyl (C=O) groups excluding carboxylic acids is 1. The zero-order valence-electron chi connectivity index (χ0n) is 20.3. The van der Waals surface area contributed by atoms with Crippen molar-refractivity contribution in [2.75, 3.05) is 31.1 Å². The van der Waals surface area contributed by atoms with Crippen molar-refractivity contribution in [3.63, 3.8) is 0 Å². The summed E-state index contributed by atoms with van der Waals surface area (Å²) in [6, 6.07) is 13.1. The minimum Gasteiger partial charge on any atom is -0.369 e. The minimum atomic E-state index is -0.408. The number of hydrogen-bond acceptors (Lipinski definition) is 5. The van der Waals surface area contributed by atoms with Crippen molar-refractivity contribution in [1.82, 2.24) is 19.9 Å². The quantitative estimate of drug-likeness (QED) is 0.608. The molecule has 2 bridgehead atoms. The molecule has 7 heteroatoms. The maximum Gasteiger partial charge on any atom is 0.219 e. The second-order valence-corrected chi connectivity index (χ2v) is 10.9. The number of benzene rings is 1. The second-order valence-electron chi connectivity index (χ2n) is 10.9. The lowest BCUT2D eigenvalue weighted by molar-refractivity contribution is -0.121. The monoisotopic (exact) mass is 459 g/mol. The number of fused-ring (bicyclic) bond motifs is 2. The molecule has 34 heavy (non-hydrogen) atoms. The van der Waals surface area contributed by atoms with Crippen molar-refractivity contribution in [2.45, 2.75) is 57.5 Å². The van der Waals surface area contributed by atoms with Crippen molar-refractivity contribution in [1.29, 1.82) is 0 Å². The Kier molecular flexibility index (Phi) is 4.79. The number of ether oxygens (including phenoxy) is 1. The van der Waals surface area contributed by atoms with Gasteiger partial charge in [-0.15, -0.1) is 5.10 Å². The Morgan fingerprint density at radius 2 is 2.03 bits per heavy atom. The molecule has 7 rings (SSSR count). The maximum atomic E-state index is 11.7. The van der Waals surface area contributed by atoms with E-state index in [0.29, 0.717) is 19.6 Å². The Bertz CT molecular complexity index is 1250. The molecule has 3 aromatic rings. The molecule has 3 aliphatic heterocycles. The normalized spacial score (nSPS) is 30.0. The molecular weight excluding hydrogens is 426 g/mol. The van der Waals surface area contributed by atoms with Crippen LogP contribution < -0.4 is 10.2 Å². The average molecular weight is 460 g/mol. The van der Waals surface area contributed by atoms with Crippen LogP contribution >= 0.6 is 0 Å². The van der Waals surface area contributed by atoms with E-state index >= 15 is 0 Å². The van der Waals surface area contributed by atoms with Crippen LogP contribution in [0, 0.1) is 12.3 Å². The van der Waals surface area contributed by atoms with Gasteiger partial charge in [-0.3, -0.25) is 4.79 Å². The fourth-order valence-electron chi connectivity index (χ4n) is 6.22. The van der Waals surface area contributed by atoms with Gasteiger partial charge in [-0.05, 0) is 43.4 Å². The number of amides is 1. The maximum absolute atomic E-state index is 11.7. The van der Waals surface area contributed by atoms with Gasteiger partial charge >= 0.3 is 0 Å². The number of nitrogens with one attached hydrogen (secondary N) is 1. The number of pyridine rings is 1. The van der Waals surface area contributed by atoms with Gasteiger partial charge in [0, 0.05) is 36.9 Å². The van der Waals surface area contributed by atoms with Gasteiger partial charge in [0.05, 0.1) is 18.5 Å². The van der Waals surface area contributed by atoms with Crippen molar-refractivity contribution in [3.05, 3.63) is 59.5 Å². The van der Waals surface area contributed by atoms with Gasteiger partial charge in [0.1, 0.15) is 5.60 Å². The molecule has 2 aromatic heterocycles. The topological polar surface area (TPSA) is 71.8 Å². The second kappa shape index (κ2) is 7.54. The van der Waals surface area contributed by atoms with E-state index in [2.05, 4.69) is 66.7 Å². The number of rotatable bonds is 6. The van der Waals surface area contributed by atoms with Gasteiger partial charge < -0.3 is 15.0 Å². The highest BCUT2D eigenvalue weighted by atomic mass is 16.5. The molecule has 1 atom stereocenters. The molecule has 7 nitrogen and oxygen atoms in total. The summed E-state index contributed by atoms with van der Waals surface area (Å²) in [4.78, 5) is 19.1. The molecule has 178 valence electrons. The first-order chi connectivity index (χ1) is 16.3. The fourth-order valence-corrected chi connectivity index (χ4v) is 6.22. The molecule has 1 saturated carbocycles. The third-order valence-corrected chi connectivity index (χ3v) is 8.28. The van der Waals surface area contributed by atoms with Crippen molar-refractivity contribution < 1.29 is 9.53 Å². The molecule has 0 unspecified atom stereocenters. The number of aromatic nitrogens is 3. The first kappa shape index (κ1) is 21.6. The SMILES string of the molecule is CCC(=O)NCC12COC(c3nc4c(C)cc(N5CC[C@](C)(c6ccccc6)C5)cn4n3)(C1)C2. The molecule has 1 N–H and O–H groups in total. The van der Waals surface area contributed by atoms with E-state index in [0.717, 1.165) is 49.4 Å². The molecule has 1 aliphatic carbocycles. The number of anilines is 1. The Hall–Kier alpha value is -2.93. The molecule has 5 heterocycles. The van der Waals surface area contributed by atoms with Crippen LogP contribution in [-0.2, 0) is 20.5 Å². The minimum absolute atomic E-state index is 0.0277. The summed E-state index contributed by atoms with van der Waals surface area (Å²) in [5.41, 5.74) is 4.38. The fraction of sp³-hybridized carbons (Fsp3) is 0.519. The Morgan fingerprint density at radius 3 is 2.79 bits per heavy atom.